The summed E-state index contributed by atoms with van der Waals surface area (Å²) in [5.41, 5.74) is 1.79. The van der Waals surface area contributed by atoms with E-state index in [9.17, 15) is 9.59 Å². The summed E-state index contributed by atoms with van der Waals surface area (Å²) in [5, 5.41) is 5.52. The number of ether oxygens (including phenoxy) is 1. The van der Waals surface area contributed by atoms with Gasteiger partial charge in [0.1, 0.15) is 0 Å². The Labute approximate surface area is 134 Å². The topological polar surface area (TPSA) is 80.3 Å². The Bertz CT molecular complexity index is 659. The molecule has 6 heteroatoms. The van der Waals surface area contributed by atoms with Crippen LogP contribution in [-0.4, -0.2) is 37.1 Å². The minimum atomic E-state index is -0.236. The SMILES string of the molecule is COCCNC(=O)c1cccc(C(=O)NCc2cccnc2)c1. The second-order valence-corrected chi connectivity index (χ2v) is 4.87. The Morgan fingerprint density at radius 2 is 1.83 bits per heavy atom. The van der Waals surface area contributed by atoms with Crippen molar-refractivity contribution in [2.45, 2.75) is 6.54 Å². The first-order valence-electron chi connectivity index (χ1n) is 7.25. The minimum Gasteiger partial charge on any atom is -0.383 e. The van der Waals surface area contributed by atoms with Crippen molar-refractivity contribution in [3.63, 3.8) is 0 Å². The molecule has 0 saturated heterocycles. The van der Waals surface area contributed by atoms with Crippen molar-refractivity contribution < 1.29 is 14.3 Å². The van der Waals surface area contributed by atoms with Gasteiger partial charge in [0.25, 0.3) is 11.8 Å². The van der Waals surface area contributed by atoms with Crippen molar-refractivity contribution in [3.05, 3.63) is 65.5 Å². The normalized spacial score (nSPS) is 10.1. The molecule has 2 amide bonds. The highest BCUT2D eigenvalue weighted by Crippen LogP contribution is 2.06. The number of nitrogens with zero attached hydrogens (tertiary/aromatic N) is 1. The van der Waals surface area contributed by atoms with Crippen LogP contribution in [0, 0.1) is 0 Å². The van der Waals surface area contributed by atoms with Gasteiger partial charge in [0.15, 0.2) is 0 Å². The van der Waals surface area contributed by atoms with Crippen LogP contribution in [0.25, 0.3) is 0 Å². The molecule has 0 bridgehead atoms. The summed E-state index contributed by atoms with van der Waals surface area (Å²) < 4.78 is 4.88. The first kappa shape index (κ1) is 16.6. The van der Waals surface area contributed by atoms with E-state index in [1.54, 1.807) is 43.8 Å². The van der Waals surface area contributed by atoms with E-state index in [1.807, 2.05) is 12.1 Å². The molecule has 2 rings (SSSR count). The number of benzene rings is 1. The van der Waals surface area contributed by atoms with Crippen LogP contribution in [0.4, 0.5) is 0 Å². The van der Waals surface area contributed by atoms with Gasteiger partial charge in [0.2, 0.25) is 0 Å². The van der Waals surface area contributed by atoms with Crippen molar-refractivity contribution in [1.29, 1.82) is 0 Å². The van der Waals surface area contributed by atoms with E-state index in [0.29, 0.717) is 30.8 Å². The maximum Gasteiger partial charge on any atom is 0.251 e. The lowest BCUT2D eigenvalue weighted by molar-refractivity contribution is 0.0937. The van der Waals surface area contributed by atoms with Crippen molar-refractivity contribution in [2.75, 3.05) is 20.3 Å². The molecule has 0 radical (unpaired) electrons. The summed E-state index contributed by atoms with van der Waals surface area (Å²) in [6.45, 7) is 1.25. The molecule has 120 valence electrons. The molecule has 23 heavy (non-hydrogen) atoms. The number of pyridine rings is 1. The van der Waals surface area contributed by atoms with Gasteiger partial charge in [0, 0.05) is 43.7 Å². The smallest absolute Gasteiger partial charge is 0.251 e. The largest absolute Gasteiger partial charge is 0.383 e. The van der Waals surface area contributed by atoms with Gasteiger partial charge in [-0.25, -0.2) is 0 Å². The standard InChI is InChI=1S/C17H19N3O3/c1-23-9-8-19-16(21)14-5-2-6-15(10-14)17(22)20-12-13-4-3-7-18-11-13/h2-7,10-11H,8-9,12H2,1H3,(H,19,21)(H,20,22). The highest BCUT2D eigenvalue weighted by atomic mass is 16.5. The van der Waals surface area contributed by atoms with Crippen LogP contribution in [0.2, 0.25) is 0 Å². The number of hydrogen-bond donors (Lipinski definition) is 2. The predicted octanol–water partition coefficient (Wildman–Crippen LogP) is 1.39. The van der Waals surface area contributed by atoms with Gasteiger partial charge >= 0.3 is 0 Å². The number of methoxy groups -OCH3 is 1. The number of hydrogen-bond acceptors (Lipinski definition) is 4. The molecule has 0 aliphatic carbocycles. The molecule has 0 fully saturated rings. The molecule has 1 heterocycles. The summed E-state index contributed by atoms with van der Waals surface area (Å²) in [5.74, 6) is -0.468. The monoisotopic (exact) mass is 313 g/mol. The number of rotatable bonds is 7. The molecule has 2 aromatic rings. The van der Waals surface area contributed by atoms with Gasteiger partial charge in [0.05, 0.1) is 6.61 Å². The van der Waals surface area contributed by atoms with Gasteiger partial charge in [-0.05, 0) is 29.8 Å². The molecule has 0 atom stereocenters. The molecule has 0 aliphatic rings. The van der Waals surface area contributed by atoms with Gasteiger partial charge < -0.3 is 15.4 Å². The van der Waals surface area contributed by atoms with Gasteiger partial charge in [-0.15, -0.1) is 0 Å². The Kier molecular flexibility index (Phi) is 6.26. The zero-order chi connectivity index (χ0) is 16.5. The van der Waals surface area contributed by atoms with E-state index in [1.165, 1.54) is 0 Å². The first-order valence-corrected chi connectivity index (χ1v) is 7.25. The summed E-state index contributed by atoms with van der Waals surface area (Å²) in [6.07, 6.45) is 3.37. The maximum absolute atomic E-state index is 12.2. The predicted molar refractivity (Wildman–Crippen MR) is 86.1 cm³/mol. The number of nitrogens with one attached hydrogen (secondary N) is 2. The van der Waals surface area contributed by atoms with Crippen molar-refractivity contribution in [1.82, 2.24) is 15.6 Å². The molecular weight excluding hydrogens is 294 g/mol. The second kappa shape index (κ2) is 8.65. The second-order valence-electron chi connectivity index (χ2n) is 4.87. The summed E-state index contributed by atoms with van der Waals surface area (Å²) in [7, 11) is 1.57. The highest BCUT2D eigenvalue weighted by molar-refractivity contribution is 5.99. The van der Waals surface area contributed by atoms with Crippen LogP contribution in [0.5, 0.6) is 0 Å². The van der Waals surface area contributed by atoms with E-state index in [4.69, 9.17) is 4.74 Å². The molecular formula is C17H19N3O3. The summed E-state index contributed by atoms with van der Waals surface area (Å²) in [6, 6.07) is 10.3. The van der Waals surface area contributed by atoms with Crippen LogP contribution < -0.4 is 10.6 Å². The van der Waals surface area contributed by atoms with E-state index in [0.717, 1.165) is 5.56 Å². The third-order valence-electron chi connectivity index (χ3n) is 3.15. The molecule has 0 unspecified atom stereocenters. The average Bonchev–Trinajstić information content (AvgIpc) is 2.61. The lowest BCUT2D eigenvalue weighted by atomic mass is 10.1. The fraction of sp³-hybridized carbons (Fsp3) is 0.235. The maximum atomic E-state index is 12.2. The summed E-state index contributed by atoms with van der Waals surface area (Å²) in [4.78, 5) is 28.1. The zero-order valence-electron chi connectivity index (χ0n) is 12.9. The van der Waals surface area contributed by atoms with E-state index in [2.05, 4.69) is 15.6 Å². The molecule has 0 spiro atoms. The molecule has 0 saturated carbocycles. The highest BCUT2D eigenvalue weighted by Gasteiger charge is 2.10. The van der Waals surface area contributed by atoms with Crippen LogP contribution >= 0.6 is 0 Å². The van der Waals surface area contributed by atoms with Gasteiger partial charge in [-0.2, -0.15) is 0 Å². The Hall–Kier alpha value is -2.73. The fourth-order valence-electron chi connectivity index (χ4n) is 1.96. The molecule has 1 aromatic carbocycles. The third kappa shape index (κ3) is 5.19. The van der Waals surface area contributed by atoms with Crippen LogP contribution in [0.3, 0.4) is 0 Å². The Morgan fingerprint density at radius 3 is 2.48 bits per heavy atom. The Morgan fingerprint density at radius 1 is 1.09 bits per heavy atom. The lowest BCUT2D eigenvalue weighted by Crippen LogP contribution is -2.27. The van der Waals surface area contributed by atoms with Gasteiger partial charge in [-0.1, -0.05) is 12.1 Å². The van der Waals surface area contributed by atoms with Crippen molar-refractivity contribution >= 4 is 11.8 Å². The third-order valence-corrected chi connectivity index (χ3v) is 3.15. The van der Waals surface area contributed by atoms with Crippen molar-refractivity contribution in [2.24, 2.45) is 0 Å². The van der Waals surface area contributed by atoms with Crippen molar-refractivity contribution in [3.8, 4) is 0 Å². The van der Waals surface area contributed by atoms with E-state index < -0.39 is 0 Å². The number of aromatic nitrogens is 1. The Balaban J connectivity index is 1.95. The lowest BCUT2D eigenvalue weighted by Gasteiger charge is -2.08. The van der Waals surface area contributed by atoms with Gasteiger partial charge in [-0.3, -0.25) is 14.6 Å². The molecule has 0 aliphatic heterocycles. The quantitative estimate of drug-likeness (QED) is 0.757. The van der Waals surface area contributed by atoms with E-state index >= 15 is 0 Å². The molecule has 2 N–H and O–H groups in total. The van der Waals surface area contributed by atoms with E-state index in [-0.39, 0.29) is 11.8 Å². The number of carbonyl (C=O) groups is 2. The summed E-state index contributed by atoms with van der Waals surface area (Å²) >= 11 is 0. The average molecular weight is 313 g/mol. The van der Waals surface area contributed by atoms with Crippen LogP contribution in [0.1, 0.15) is 26.3 Å². The first-order chi connectivity index (χ1) is 11.2. The zero-order valence-corrected chi connectivity index (χ0v) is 12.9. The van der Waals surface area contributed by atoms with Crippen LogP contribution in [-0.2, 0) is 11.3 Å². The number of carbonyl (C=O) groups excluding carboxylic acids is 2. The molecule has 1 aromatic heterocycles. The number of amides is 2. The van der Waals surface area contributed by atoms with Crippen LogP contribution in [0.15, 0.2) is 48.8 Å². The molecule has 6 nitrogen and oxygen atoms in total. The minimum absolute atomic E-state index is 0.232. The fourth-order valence-corrected chi connectivity index (χ4v) is 1.96.